The molecule has 1 aromatic rings. The minimum absolute atomic E-state index is 0.0104. The van der Waals surface area contributed by atoms with Gasteiger partial charge in [0.15, 0.2) is 0 Å². The molecule has 2 nitrogen and oxygen atoms in total. The smallest absolute Gasteiger partial charge is 0.129 e. The van der Waals surface area contributed by atoms with Crippen molar-refractivity contribution >= 4 is 15.9 Å². The van der Waals surface area contributed by atoms with Gasteiger partial charge in [0.05, 0.1) is 6.04 Å². The van der Waals surface area contributed by atoms with Gasteiger partial charge in [0.1, 0.15) is 5.82 Å². The number of nitrogens with two attached hydrogens (primary N) is 1. The molecule has 0 aliphatic rings. The lowest BCUT2D eigenvalue weighted by Crippen LogP contribution is -2.45. The lowest BCUT2D eigenvalue weighted by atomic mass is 9.94. The normalized spacial score (nSPS) is 14.0. The molecule has 4 heteroatoms. The van der Waals surface area contributed by atoms with Gasteiger partial charge in [-0.15, -0.1) is 0 Å². The molecule has 2 N–H and O–H groups in total. The SMILES string of the molecule is CCC(C)(C)N(C)C(CN)c1ccc(Br)cc1F. The molecule has 18 heavy (non-hydrogen) atoms. The van der Waals surface area contributed by atoms with Crippen molar-refractivity contribution in [2.45, 2.75) is 38.8 Å². The van der Waals surface area contributed by atoms with Crippen LogP contribution in [0.2, 0.25) is 0 Å². The molecule has 0 spiro atoms. The molecule has 1 atom stereocenters. The van der Waals surface area contributed by atoms with E-state index in [9.17, 15) is 4.39 Å². The maximum absolute atomic E-state index is 14.0. The fourth-order valence-electron chi connectivity index (χ4n) is 1.94. The van der Waals surface area contributed by atoms with Crippen molar-refractivity contribution in [2.75, 3.05) is 13.6 Å². The van der Waals surface area contributed by atoms with Crippen molar-refractivity contribution in [2.24, 2.45) is 5.73 Å². The number of halogens is 2. The van der Waals surface area contributed by atoms with E-state index in [0.717, 1.165) is 10.9 Å². The molecule has 0 heterocycles. The average Bonchev–Trinajstić information content (AvgIpc) is 2.32. The zero-order valence-corrected chi connectivity index (χ0v) is 13.1. The first-order valence-corrected chi connectivity index (χ1v) is 7.00. The Hall–Kier alpha value is -0.450. The van der Waals surface area contributed by atoms with Gasteiger partial charge >= 0.3 is 0 Å². The molecule has 0 fully saturated rings. The molecule has 0 bridgehead atoms. The van der Waals surface area contributed by atoms with Gasteiger partial charge in [-0.2, -0.15) is 0 Å². The summed E-state index contributed by atoms with van der Waals surface area (Å²) in [5.74, 6) is -0.210. The number of benzene rings is 1. The van der Waals surface area contributed by atoms with Crippen LogP contribution in [0.5, 0.6) is 0 Å². The average molecular weight is 317 g/mol. The zero-order chi connectivity index (χ0) is 13.9. The second-order valence-corrected chi connectivity index (χ2v) is 6.11. The van der Waals surface area contributed by atoms with E-state index in [2.05, 4.69) is 41.6 Å². The molecule has 1 aromatic carbocycles. The van der Waals surface area contributed by atoms with Crippen LogP contribution in [0.25, 0.3) is 0 Å². The third-order valence-corrected chi connectivity index (χ3v) is 4.33. The molecule has 0 aliphatic carbocycles. The fraction of sp³-hybridized carbons (Fsp3) is 0.571. The summed E-state index contributed by atoms with van der Waals surface area (Å²) in [5, 5.41) is 0. The van der Waals surface area contributed by atoms with Gasteiger partial charge < -0.3 is 5.73 Å². The molecule has 0 aromatic heterocycles. The molecular weight excluding hydrogens is 295 g/mol. The molecule has 1 unspecified atom stereocenters. The third kappa shape index (κ3) is 3.31. The summed E-state index contributed by atoms with van der Waals surface area (Å²) in [6, 6.07) is 5.05. The summed E-state index contributed by atoms with van der Waals surface area (Å²) in [6.07, 6.45) is 0.984. The number of nitrogens with zero attached hydrogens (tertiary/aromatic N) is 1. The van der Waals surface area contributed by atoms with Crippen LogP contribution in [-0.2, 0) is 0 Å². The standard InChI is InChI=1S/C14H22BrFN2/c1-5-14(2,3)18(4)13(9-17)11-7-6-10(15)8-12(11)16/h6-8,13H,5,9,17H2,1-4H3. The Morgan fingerprint density at radius 3 is 2.50 bits per heavy atom. The maximum atomic E-state index is 14.0. The predicted molar refractivity (Wildman–Crippen MR) is 78.0 cm³/mol. The van der Waals surface area contributed by atoms with Gasteiger partial charge in [0, 0.05) is 22.1 Å². The van der Waals surface area contributed by atoms with E-state index < -0.39 is 0 Å². The number of hydrogen-bond donors (Lipinski definition) is 1. The minimum Gasteiger partial charge on any atom is -0.329 e. The van der Waals surface area contributed by atoms with E-state index in [0.29, 0.717) is 12.1 Å². The Labute approximate surface area is 117 Å². The lowest BCUT2D eigenvalue weighted by molar-refractivity contribution is 0.0985. The Bertz CT molecular complexity index is 407. The highest BCUT2D eigenvalue weighted by atomic mass is 79.9. The van der Waals surface area contributed by atoms with Crippen molar-refractivity contribution in [3.63, 3.8) is 0 Å². The van der Waals surface area contributed by atoms with E-state index in [1.165, 1.54) is 6.07 Å². The maximum Gasteiger partial charge on any atom is 0.129 e. The van der Waals surface area contributed by atoms with E-state index in [-0.39, 0.29) is 17.4 Å². The van der Waals surface area contributed by atoms with Crippen molar-refractivity contribution in [3.8, 4) is 0 Å². The summed E-state index contributed by atoms with van der Waals surface area (Å²) in [4.78, 5) is 2.15. The number of rotatable bonds is 5. The van der Waals surface area contributed by atoms with E-state index in [4.69, 9.17) is 5.73 Å². The van der Waals surface area contributed by atoms with Crippen LogP contribution >= 0.6 is 15.9 Å². The molecule has 0 radical (unpaired) electrons. The van der Waals surface area contributed by atoms with Gasteiger partial charge in [-0.05, 0) is 39.4 Å². The van der Waals surface area contributed by atoms with Crippen LogP contribution in [0, 0.1) is 5.82 Å². The summed E-state index contributed by atoms with van der Waals surface area (Å²) in [7, 11) is 2.00. The van der Waals surface area contributed by atoms with Gasteiger partial charge in [-0.3, -0.25) is 4.90 Å². The molecule has 0 saturated carbocycles. The number of hydrogen-bond acceptors (Lipinski definition) is 2. The minimum atomic E-state index is -0.210. The fourth-order valence-corrected chi connectivity index (χ4v) is 2.27. The Morgan fingerprint density at radius 1 is 1.44 bits per heavy atom. The van der Waals surface area contributed by atoms with Gasteiger partial charge in [0.2, 0.25) is 0 Å². The highest BCUT2D eigenvalue weighted by Gasteiger charge is 2.29. The summed E-state index contributed by atoms with van der Waals surface area (Å²) < 4.78 is 14.8. The van der Waals surface area contributed by atoms with Gasteiger partial charge in [-0.1, -0.05) is 28.9 Å². The Morgan fingerprint density at radius 2 is 2.06 bits per heavy atom. The second kappa shape index (κ2) is 6.13. The van der Waals surface area contributed by atoms with Crippen LogP contribution in [-0.4, -0.2) is 24.0 Å². The topological polar surface area (TPSA) is 29.3 Å². The molecular formula is C14H22BrFN2. The zero-order valence-electron chi connectivity index (χ0n) is 11.5. The van der Waals surface area contributed by atoms with Crippen molar-refractivity contribution < 1.29 is 4.39 Å². The lowest BCUT2D eigenvalue weighted by Gasteiger charge is -2.40. The highest BCUT2D eigenvalue weighted by molar-refractivity contribution is 9.10. The van der Waals surface area contributed by atoms with Crippen molar-refractivity contribution in [1.82, 2.24) is 4.90 Å². The highest BCUT2D eigenvalue weighted by Crippen LogP contribution is 2.30. The van der Waals surface area contributed by atoms with Crippen LogP contribution < -0.4 is 5.73 Å². The molecule has 1 rings (SSSR count). The summed E-state index contributed by atoms with van der Waals surface area (Å²) >= 11 is 3.27. The molecule has 0 amide bonds. The van der Waals surface area contributed by atoms with Gasteiger partial charge in [-0.25, -0.2) is 4.39 Å². The first-order chi connectivity index (χ1) is 8.33. The first-order valence-electron chi connectivity index (χ1n) is 6.21. The summed E-state index contributed by atoms with van der Waals surface area (Å²) in [6.45, 7) is 6.82. The van der Waals surface area contributed by atoms with Crippen molar-refractivity contribution in [3.05, 3.63) is 34.1 Å². The molecule has 0 aliphatic heterocycles. The number of likely N-dealkylation sites (N-methyl/N-ethyl adjacent to an activating group) is 1. The predicted octanol–water partition coefficient (Wildman–Crippen LogP) is 3.71. The second-order valence-electron chi connectivity index (χ2n) is 5.19. The molecule has 0 saturated heterocycles. The third-order valence-electron chi connectivity index (χ3n) is 3.83. The summed E-state index contributed by atoms with van der Waals surface area (Å²) in [5.41, 5.74) is 6.49. The van der Waals surface area contributed by atoms with Crippen molar-refractivity contribution in [1.29, 1.82) is 0 Å². The Balaban J connectivity index is 3.10. The van der Waals surface area contributed by atoms with E-state index in [1.54, 1.807) is 6.07 Å². The first kappa shape index (κ1) is 15.6. The quantitative estimate of drug-likeness (QED) is 0.897. The largest absolute Gasteiger partial charge is 0.329 e. The van der Waals surface area contributed by atoms with E-state index >= 15 is 0 Å². The van der Waals surface area contributed by atoms with Gasteiger partial charge in [0.25, 0.3) is 0 Å². The van der Waals surface area contributed by atoms with Crippen LogP contribution in [0.1, 0.15) is 38.8 Å². The van der Waals surface area contributed by atoms with E-state index in [1.807, 2.05) is 13.1 Å². The monoisotopic (exact) mass is 316 g/mol. The van der Waals surface area contributed by atoms with Crippen LogP contribution in [0.3, 0.4) is 0 Å². The Kier molecular flexibility index (Phi) is 5.32. The molecule has 102 valence electrons. The van der Waals surface area contributed by atoms with Crippen LogP contribution in [0.15, 0.2) is 22.7 Å². The van der Waals surface area contributed by atoms with Crippen LogP contribution in [0.4, 0.5) is 4.39 Å².